The van der Waals surface area contributed by atoms with Gasteiger partial charge in [-0.2, -0.15) is 0 Å². The van der Waals surface area contributed by atoms with Crippen molar-refractivity contribution >= 4 is 5.84 Å². The van der Waals surface area contributed by atoms with Crippen molar-refractivity contribution < 1.29 is 0 Å². The lowest BCUT2D eigenvalue weighted by atomic mass is 10.2. The second kappa shape index (κ2) is 4.61. The highest BCUT2D eigenvalue weighted by Gasteiger charge is 2.25. The number of rotatable bonds is 3. The smallest absolute Gasteiger partial charge is 0.116 e. The summed E-state index contributed by atoms with van der Waals surface area (Å²) in [5, 5.41) is 3.46. The van der Waals surface area contributed by atoms with Crippen LogP contribution in [0, 0.1) is 0 Å². The van der Waals surface area contributed by atoms with Crippen LogP contribution >= 0.6 is 0 Å². The zero-order chi connectivity index (χ0) is 9.84. The molecule has 1 atom stereocenters. The van der Waals surface area contributed by atoms with Crippen LogP contribution in [0.25, 0.3) is 0 Å². The van der Waals surface area contributed by atoms with E-state index in [-0.39, 0.29) is 0 Å². The first kappa shape index (κ1) is 10.5. The molecule has 0 spiro atoms. The van der Waals surface area contributed by atoms with Crippen molar-refractivity contribution in [3.8, 4) is 0 Å². The summed E-state index contributed by atoms with van der Waals surface area (Å²) in [6.07, 6.45) is 1.19. The average molecular weight is 183 g/mol. The summed E-state index contributed by atoms with van der Waals surface area (Å²) in [6, 6.07) is 0.883. The number of nitrogens with one attached hydrogen (secondary N) is 1. The van der Waals surface area contributed by atoms with Crippen LogP contribution in [-0.4, -0.2) is 43.0 Å². The van der Waals surface area contributed by atoms with Crippen molar-refractivity contribution in [2.75, 3.05) is 20.1 Å². The standard InChI is InChI=1S/C10H21N3/c1-5-11-9-6-7-13(4)10(9)12-8(2)3/h8-9,11H,5-7H2,1-4H3/b12-10+. The van der Waals surface area contributed by atoms with E-state index in [1.807, 2.05) is 0 Å². The fraction of sp³-hybridized carbons (Fsp3) is 0.900. The van der Waals surface area contributed by atoms with Crippen molar-refractivity contribution in [3.63, 3.8) is 0 Å². The molecule has 1 unspecified atom stereocenters. The summed E-state index contributed by atoms with van der Waals surface area (Å²) in [5.41, 5.74) is 0. The molecule has 1 aliphatic heterocycles. The molecule has 0 aromatic carbocycles. The Bertz CT molecular complexity index is 185. The Kier molecular flexibility index (Phi) is 3.72. The molecule has 13 heavy (non-hydrogen) atoms. The van der Waals surface area contributed by atoms with E-state index in [9.17, 15) is 0 Å². The summed E-state index contributed by atoms with van der Waals surface area (Å²) in [7, 11) is 2.12. The number of aliphatic imine (C=N–C) groups is 1. The van der Waals surface area contributed by atoms with Gasteiger partial charge in [0, 0.05) is 19.6 Å². The molecule has 1 rings (SSSR count). The zero-order valence-electron chi connectivity index (χ0n) is 9.17. The second-order valence-corrected chi connectivity index (χ2v) is 3.90. The Morgan fingerprint density at radius 1 is 1.62 bits per heavy atom. The molecule has 1 N–H and O–H groups in total. The van der Waals surface area contributed by atoms with E-state index in [4.69, 9.17) is 0 Å². The number of nitrogens with zero attached hydrogens (tertiary/aromatic N) is 2. The Labute approximate surface area is 81.2 Å². The summed E-state index contributed by atoms with van der Waals surface area (Å²) in [6.45, 7) is 8.55. The van der Waals surface area contributed by atoms with Crippen LogP contribution in [0.3, 0.4) is 0 Å². The van der Waals surface area contributed by atoms with Gasteiger partial charge in [0.15, 0.2) is 0 Å². The minimum absolute atomic E-state index is 0.400. The third kappa shape index (κ3) is 2.69. The third-order valence-electron chi connectivity index (χ3n) is 2.30. The molecule has 3 nitrogen and oxygen atoms in total. The first-order valence-electron chi connectivity index (χ1n) is 5.17. The second-order valence-electron chi connectivity index (χ2n) is 3.90. The molecule has 76 valence electrons. The van der Waals surface area contributed by atoms with Crippen molar-refractivity contribution in [2.45, 2.75) is 39.3 Å². The molecule has 1 fully saturated rings. The van der Waals surface area contributed by atoms with Crippen LogP contribution in [0.1, 0.15) is 27.2 Å². The molecule has 0 bridgehead atoms. The average Bonchev–Trinajstić information content (AvgIpc) is 2.36. The van der Waals surface area contributed by atoms with Gasteiger partial charge in [0.1, 0.15) is 5.84 Å². The minimum Gasteiger partial charge on any atom is -0.362 e. The predicted octanol–water partition coefficient (Wildman–Crippen LogP) is 1.11. The molecule has 0 amide bonds. The summed E-state index contributed by atoms with van der Waals surface area (Å²) in [5.74, 6) is 1.23. The van der Waals surface area contributed by atoms with E-state index in [1.165, 1.54) is 12.3 Å². The lowest BCUT2D eigenvalue weighted by molar-refractivity contribution is 0.542. The number of hydrogen-bond donors (Lipinski definition) is 1. The van der Waals surface area contributed by atoms with Crippen LogP contribution in [0.15, 0.2) is 4.99 Å². The maximum absolute atomic E-state index is 4.64. The van der Waals surface area contributed by atoms with Gasteiger partial charge in [-0.3, -0.25) is 4.99 Å². The fourth-order valence-electron chi connectivity index (χ4n) is 1.73. The molecule has 1 heterocycles. The maximum atomic E-state index is 4.64. The van der Waals surface area contributed by atoms with Gasteiger partial charge >= 0.3 is 0 Å². The summed E-state index contributed by atoms with van der Waals surface area (Å²) in [4.78, 5) is 6.89. The van der Waals surface area contributed by atoms with Gasteiger partial charge in [-0.1, -0.05) is 6.92 Å². The lowest BCUT2D eigenvalue weighted by Gasteiger charge is -2.17. The van der Waals surface area contributed by atoms with E-state index in [1.54, 1.807) is 0 Å². The van der Waals surface area contributed by atoms with Crippen LogP contribution in [0.2, 0.25) is 0 Å². The van der Waals surface area contributed by atoms with Crippen LogP contribution in [0.5, 0.6) is 0 Å². The van der Waals surface area contributed by atoms with E-state index in [0.29, 0.717) is 12.1 Å². The fourth-order valence-corrected chi connectivity index (χ4v) is 1.73. The highest BCUT2D eigenvalue weighted by molar-refractivity contribution is 5.89. The van der Waals surface area contributed by atoms with Gasteiger partial charge in [-0.05, 0) is 26.8 Å². The Morgan fingerprint density at radius 2 is 2.31 bits per heavy atom. The van der Waals surface area contributed by atoms with Crippen molar-refractivity contribution in [1.29, 1.82) is 0 Å². The number of likely N-dealkylation sites (N-methyl/N-ethyl adjacent to an activating group) is 2. The highest BCUT2D eigenvalue weighted by atomic mass is 15.2. The quantitative estimate of drug-likeness (QED) is 0.709. The molecule has 1 aliphatic rings. The molecule has 0 radical (unpaired) electrons. The Hall–Kier alpha value is -0.570. The largest absolute Gasteiger partial charge is 0.362 e. The molecule has 3 heteroatoms. The summed E-state index contributed by atoms with van der Waals surface area (Å²) < 4.78 is 0. The normalized spacial score (nSPS) is 26.4. The van der Waals surface area contributed by atoms with Gasteiger partial charge in [-0.15, -0.1) is 0 Å². The zero-order valence-corrected chi connectivity index (χ0v) is 9.17. The van der Waals surface area contributed by atoms with Crippen molar-refractivity contribution in [3.05, 3.63) is 0 Å². The van der Waals surface area contributed by atoms with E-state index < -0.39 is 0 Å². The molecule has 0 aromatic heterocycles. The molecule has 1 saturated heterocycles. The molecule has 0 aliphatic carbocycles. The van der Waals surface area contributed by atoms with Crippen LogP contribution in [-0.2, 0) is 0 Å². The Balaban J connectivity index is 2.65. The van der Waals surface area contributed by atoms with E-state index >= 15 is 0 Å². The van der Waals surface area contributed by atoms with Gasteiger partial charge < -0.3 is 10.2 Å². The van der Waals surface area contributed by atoms with Crippen molar-refractivity contribution in [1.82, 2.24) is 10.2 Å². The SMILES string of the molecule is CCNC1CCN(C)/C1=N/C(C)C. The molecular weight excluding hydrogens is 162 g/mol. The minimum atomic E-state index is 0.400. The number of likely N-dealkylation sites (tertiary alicyclic amines) is 1. The maximum Gasteiger partial charge on any atom is 0.116 e. The monoisotopic (exact) mass is 183 g/mol. The van der Waals surface area contributed by atoms with Gasteiger partial charge in [0.25, 0.3) is 0 Å². The van der Waals surface area contributed by atoms with Gasteiger partial charge in [0.2, 0.25) is 0 Å². The van der Waals surface area contributed by atoms with Gasteiger partial charge in [0.05, 0.1) is 6.04 Å². The predicted molar refractivity (Wildman–Crippen MR) is 57.3 cm³/mol. The number of amidine groups is 1. The number of hydrogen-bond acceptors (Lipinski definition) is 2. The molecule has 0 saturated carbocycles. The topological polar surface area (TPSA) is 27.6 Å². The van der Waals surface area contributed by atoms with E-state index in [2.05, 4.69) is 43.0 Å². The molecular formula is C10H21N3. The Morgan fingerprint density at radius 3 is 2.85 bits per heavy atom. The van der Waals surface area contributed by atoms with Crippen molar-refractivity contribution in [2.24, 2.45) is 4.99 Å². The van der Waals surface area contributed by atoms with Gasteiger partial charge in [-0.25, -0.2) is 0 Å². The van der Waals surface area contributed by atoms with Crippen LogP contribution in [0.4, 0.5) is 0 Å². The highest BCUT2D eigenvalue weighted by Crippen LogP contribution is 2.11. The molecule has 0 aromatic rings. The lowest BCUT2D eigenvalue weighted by Crippen LogP contribution is -2.37. The third-order valence-corrected chi connectivity index (χ3v) is 2.30. The van der Waals surface area contributed by atoms with E-state index in [0.717, 1.165) is 13.1 Å². The summed E-state index contributed by atoms with van der Waals surface area (Å²) >= 11 is 0. The van der Waals surface area contributed by atoms with Crippen LogP contribution < -0.4 is 5.32 Å². The first-order chi connectivity index (χ1) is 6.15. The first-order valence-corrected chi connectivity index (χ1v) is 5.17.